The maximum absolute atomic E-state index is 14.9. The highest BCUT2D eigenvalue weighted by atomic mass is 28.4. The Labute approximate surface area is 303 Å². The molecule has 5 atom stereocenters. The number of ether oxygens (including phenoxy) is 2. The number of aromatic amines is 1. The number of para-hydroxylation sites is 1. The largest absolute Gasteiger partial charge is 0.469 e. The quantitative estimate of drug-likeness (QED) is 0.125. The second-order valence-corrected chi connectivity index (χ2v) is 18.9. The Morgan fingerprint density at radius 3 is 2.48 bits per heavy atom. The molecule has 1 saturated heterocycles. The van der Waals surface area contributed by atoms with Gasteiger partial charge in [-0.2, -0.15) is 0 Å². The molecule has 2 amide bonds. The number of unbranched alkanes of at least 4 members (excludes halogenated alkanes) is 1. The van der Waals surface area contributed by atoms with Crippen molar-refractivity contribution < 1.29 is 33.8 Å². The first kappa shape index (κ1) is 35.8. The SMILES string of the molecule is COC(=O)CCCCN1C(=O)[C@@]2(O[C@@H](CC(=O)N3Cc4ccccc4C[C@H]3CO)[C@H]([Si](C)(C)O)[C@H]2C)c2cc(-n3[nH]c4ccccc4c3=O)ccc21. The average molecular weight is 727 g/mol. The predicted octanol–water partition coefficient (Wildman–Crippen LogP) is 4.14. The van der Waals surface area contributed by atoms with Gasteiger partial charge >= 0.3 is 5.97 Å². The molecule has 3 aromatic carbocycles. The van der Waals surface area contributed by atoms with E-state index in [1.165, 1.54) is 11.8 Å². The van der Waals surface area contributed by atoms with Crippen molar-refractivity contribution in [1.29, 1.82) is 0 Å². The minimum absolute atomic E-state index is 0.0741. The molecular weight excluding hydrogens is 681 g/mol. The Morgan fingerprint density at radius 2 is 1.77 bits per heavy atom. The molecule has 0 bridgehead atoms. The fourth-order valence-corrected chi connectivity index (χ4v) is 11.4. The third kappa shape index (κ3) is 5.99. The molecule has 3 aliphatic heterocycles. The molecule has 0 aliphatic carbocycles. The van der Waals surface area contributed by atoms with E-state index in [9.17, 15) is 29.1 Å². The van der Waals surface area contributed by atoms with Crippen molar-refractivity contribution in [1.82, 2.24) is 14.7 Å². The number of nitrogens with one attached hydrogen (secondary N) is 1. The summed E-state index contributed by atoms with van der Waals surface area (Å²) in [4.78, 5) is 69.7. The van der Waals surface area contributed by atoms with Gasteiger partial charge in [-0.1, -0.05) is 43.3 Å². The number of aliphatic hydroxyl groups excluding tert-OH is 1. The molecule has 1 spiro atoms. The van der Waals surface area contributed by atoms with Gasteiger partial charge in [-0.3, -0.25) is 24.3 Å². The van der Waals surface area contributed by atoms with Crippen LogP contribution in [0.2, 0.25) is 18.6 Å². The number of amides is 2. The van der Waals surface area contributed by atoms with Crippen molar-refractivity contribution in [3.8, 4) is 5.69 Å². The summed E-state index contributed by atoms with van der Waals surface area (Å²) in [7, 11) is -1.76. The van der Waals surface area contributed by atoms with E-state index in [2.05, 4.69) is 5.10 Å². The van der Waals surface area contributed by atoms with E-state index >= 15 is 0 Å². The highest BCUT2D eigenvalue weighted by Crippen LogP contribution is 2.60. The summed E-state index contributed by atoms with van der Waals surface area (Å²) in [6.45, 7) is 6.01. The van der Waals surface area contributed by atoms with Gasteiger partial charge in [-0.05, 0) is 73.8 Å². The van der Waals surface area contributed by atoms with Crippen LogP contribution in [0.15, 0.2) is 71.5 Å². The van der Waals surface area contributed by atoms with Gasteiger partial charge in [0.15, 0.2) is 13.9 Å². The van der Waals surface area contributed by atoms with Gasteiger partial charge in [0.25, 0.3) is 11.5 Å². The number of hydrogen-bond acceptors (Lipinski definition) is 8. The van der Waals surface area contributed by atoms with Crippen LogP contribution in [0.3, 0.4) is 0 Å². The van der Waals surface area contributed by atoms with Crippen LogP contribution in [-0.4, -0.2) is 83.1 Å². The number of carbonyl (C=O) groups excluding carboxylic acids is 3. The highest BCUT2D eigenvalue weighted by Gasteiger charge is 2.66. The average Bonchev–Trinajstić information content (AvgIpc) is 3.71. The molecular formula is C39H46N4O8Si. The molecule has 12 nitrogen and oxygen atoms in total. The predicted molar refractivity (Wildman–Crippen MR) is 197 cm³/mol. The first-order valence-corrected chi connectivity index (χ1v) is 21.0. The summed E-state index contributed by atoms with van der Waals surface area (Å²) in [6.07, 6.45) is 0.923. The molecule has 1 aromatic heterocycles. The lowest BCUT2D eigenvalue weighted by Crippen LogP contribution is -2.48. The van der Waals surface area contributed by atoms with Crippen molar-refractivity contribution in [2.45, 2.75) is 82.0 Å². The monoisotopic (exact) mass is 726 g/mol. The van der Waals surface area contributed by atoms with Crippen LogP contribution in [-0.2, 0) is 42.4 Å². The van der Waals surface area contributed by atoms with E-state index in [4.69, 9.17) is 9.47 Å². The first-order chi connectivity index (χ1) is 24.9. The number of hydrogen-bond donors (Lipinski definition) is 3. The Bertz CT molecular complexity index is 2090. The van der Waals surface area contributed by atoms with Crippen LogP contribution in [0, 0.1) is 5.92 Å². The van der Waals surface area contributed by atoms with Gasteiger partial charge in [-0.25, -0.2) is 4.68 Å². The summed E-state index contributed by atoms with van der Waals surface area (Å²) >= 11 is 0. The van der Waals surface area contributed by atoms with Crippen molar-refractivity contribution in [3.05, 3.63) is 93.8 Å². The number of anilines is 1. The number of fused-ring (bicyclic) bond motifs is 4. The normalized spacial score (nSPS) is 24.1. The second-order valence-electron chi connectivity index (χ2n) is 14.9. The molecule has 4 aromatic rings. The number of rotatable bonds is 10. The number of aliphatic hydroxyl groups is 1. The van der Waals surface area contributed by atoms with E-state index in [1.54, 1.807) is 28.0 Å². The number of aromatic nitrogens is 2. The number of benzene rings is 3. The lowest BCUT2D eigenvalue weighted by Gasteiger charge is -2.37. The molecule has 52 heavy (non-hydrogen) atoms. The summed E-state index contributed by atoms with van der Waals surface area (Å²) in [6, 6.07) is 20.1. The number of esters is 1. The van der Waals surface area contributed by atoms with Gasteiger partial charge in [0, 0.05) is 36.5 Å². The molecule has 274 valence electrons. The van der Waals surface area contributed by atoms with Crippen LogP contribution in [0.5, 0.6) is 0 Å². The first-order valence-electron chi connectivity index (χ1n) is 18.0. The Hall–Kier alpha value is -4.56. The molecule has 7 rings (SSSR count). The molecule has 0 unspecified atom stereocenters. The van der Waals surface area contributed by atoms with Crippen molar-refractivity contribution in [2.75, 3.05) is 25.2 Å². The Kier molecular flexibility index (Phi) is 9.49. The molecule has 0 radical (unpaired) electrons. The third-order valence-electron chi connectivity index (χ3n) is 11.3. The zero-order chi connectivity index (χ0) is 36.9. The number of carbonyl (C=O) groups is 3. The summed E-state index contributed by atoms with van der Waals surface area (Å²) in [5.74, 6) is -1.37. The van der Waals surface area contributed by atoms with E-state index < -0.39 is 37.5 Å². The van der Waals surface area contributed by atoms with Gasteiger partial charge in [0.1, 0.15) is 0 Å². The van der Waals surface area contributed by atoms with Gasteiger partial charge in [-0.15, -0.1) is 0 Å². The van der Waals surface area contributed by atoms with Crippen LogP contribution in [0.4, 0.5) is 5.69 Å². The number of nitrogens with zero attached hydrogens (tertiary/aromatic N) is 3. The minimum Gasteiger partial charge on any atom is -0.469 e. The molecule has 13 heteroatoms. The van der Waals surface area contributed by atoms with Crippen LogP contribution >= 0.6 is 0 Å². The van der Waals surface area contributed by atoms with Crippen molar-refractivity contribution in [3.63, 3.8) is 0 Å². The standard InChI is InChI=1S/C39H46N4O8Si/c1-24-36(52(3,4)49)33(21-34(45)42-22-26-12-6-5-11-25(26)19-28(42)23-44)51-39(24)30-20-27(43-37(47)29-13-7-8-14-31(29)40-43)16-17-32(30)41(38(39)48)18-10-9-15-35(46)50-2/h5-8,11-14,16-17,20,24,28,33,36,40,44,49H,9-10,15,18-19,21-23H2,1-4H3/t24-,28+,33+,36-,39+/m1/s1. The fourth-order valence-electron chi connectivity index (χ4n) is 8.84. The minimum atomic E-state index is -3.10. The topological polar surface area (TPSA) is 154 Å². The van der Waals surface area contributed by atoms with E-state index in [-0.39, 0.29) is 42.8 Å². The maximum atomic E-state index is 14.9. The fraction of sp³-hybridized carbons (Fsp3) is 0.436. The molecule has 1 fully saturated rings. The molecule has 3 aliphatic rings. The lowest BCUT2D eigenvalue weighted by molar-refractivity contribution is -0.151. The third-order valence-corrected chi connectivity index (χ3v) is 13.8. The van der Waals surface area contributed by atoms with Gasteiger partial charge in [0.2, 0.25) is 5.91 Å². The molecule has 0 saturated carbocycles. The Balaban J connectivity index is 1.27. The number of H-pyrrole nitrogens is 1. The van der Waals surface area contributed by atoms with Crippen molar-refractivity contribution in [2.24, 2.45) is 5.92 Å². The van der Waals surface area contributed by atoms with E-state index in [1.807, 2.05) is 68.5 Å². The second kappa shape index (κ2) is 13.8. The summed E-state index contributed by atoms with van der Waals surface area (Å²) in [5, 5.41) is 14.0. The summed E-state index contributed by atoms with van der Waals surface area (Å²) < 4.78 is 13.2. The smallest absolute Gasteiger partial charge is 0.305 e. The molecule has 4 heterocycles. The lowest BCUT2D eigenvalue weighted by atomic mass is 9.82. The molecule has 3 N–H and O–H groups in total. The highest BCUT2D eigenvalue weighted by molar-refractivity contribution is 6.71. The zero-order valence-corrected chi connectivity index (χ0v) is 31.0. The van der Waals surface area contributed by atoms with E-state index in [0.717, 1.165) is 11.1 Å². The number of methoxy groups -OCH3 is 1. The maximum Gasteiger partial charge on any atom is 0.305 e. The van der Waals surface area contributed by atoms with Crippen LogP contribution in [0.25, 0.3) is 16.6 Å². The van der Waals surface area contributed by atoms with E-state index in [0.29, 0.717) is 60.2 Å². The zero-order valence-electron chi connectivity index (χ0n) is 30.0. The van der Waals surface area contributed by atoms with Gasteiger partial charge < -0.3 is 29.2 Å². The van der Waals surface area contributed by atoms with Crippen LogP contribution < -0.4 is 10.5 Å². The Morgan fingerprint density at radius 1 is 1.04 bits per heavy atom. The summed E-state index contributed by atoms with van der Waals surface area (Å²) in [5.41, 5.74) is 2.22. The van der Waals surface area contributed by atoms with Crippen LogP contribution in [0.1, 0.15) is 49.3 Å². The van der Waals surface area contributed by atoms with Crippen molar-refractivity contribution >= 4 is 42.7 Å². The van der Waals surface area contributed by atoms with Gasteiger partial charge in [0.05, 0.1) is 54.6 Å².